The summed E-state index contributed by atoms with van der Waals surface area (Å²) in [7, 11) is 0. The Morgan fingerprint density at radius 1 is 1.24 bits per heavy atom. The van der Waals surface area contributed by atoms with Crippen molar-refractivity contribution in [2.24, 2.45) is 0 Å². The molecule has 6 heteroatoms. The minimum absolute atomic E-state index is 0.107. The monoisotopic (exact) mass is 292 g/mol. The van der Waals surface area contributed by atoms with E-state index in [0.717, 1.165) is 25.9 Å². The van der Waals surface area contributed by atoms with Gasteiger partial charge in [-0.1, -0.05) is 0 Å². The zero-order valence-corrected chi connectivity index (χ0v) is 12.1. The molecule has 1 aromatic carbocycles. The summed E-state index contributed by atoms with van der Waals surface area (Å²) in [5, 5.41) is 6.26. The molecular weight excluding hydrogens is 272 g/mol. The van der Waals surface area contributed by atoms with Crippen LogP contribution in [0.4, 0.5) is 4.79 Å². The van der Waals surface area contributed by atoms with Crippen LogP contribution < -0.4 is 15.4 Å². The first kappa shape index (κ1) is 15.3. The molecule has 6 nitrogen and oxygen atoms in total. The highest BCUT2D eigenvalue weighted by molar-refractivity contribution is 5.94. The number of amides is 1. The summed E-state index contributed by atoms with van der Waals surface area (Å²) >= 11 is 0. The topological polar surface area (TPSA) is 76.7 Å². The van der Waals surface area contributed by atoms with Gasteiger partial charge in [0.25, 0.3) is 5.91 Å². The minimum atomic E-state index is -0.746. The minimum Gasteiger partial charge on any atom is -0.434 e. The Morgan fingerprint density at radius 3 is 2.52 bits per heavy atom. The number of ether oxygens (including phenoxy) is 2. The first-order valence-corrected chi connectivity index (χ1v) is 7.15. The van der Waals surface area contributed by atoms with E-state index in [0.29, 0.717) is 11.3 Å². The van der Waals surface area contributed by atoms with Gasteiger partial charge in [0.05, 0.1) is 6.61 Å². The number of carbonyl (C=O) groups excluding carboxylic acids is 2. The van der Waals surface area contributed by atoms with E-state index in [1.54, 1.807) is 31.2 Å². The van der Waals surface area contributed by atoms with E-state index in [-0.39, 0.29) is 18.6 Å². The van der Waals surface area contributed by atoms with Gasteiger partial charge in [0.15, 0.2) is 0 Å². The van der Waals surface area contributed by atoms with Crippen LogP contribution in [0.2, 0.25) is 0 Å². The lowest BCUT2D eigenvalue weighted by molar-refractivity contribution is 0.0929. The molecule has 1 fully saturated rings. The second kappa shape index (κ2) is 7.64. The standard InChI is InChI=1S/C15H20N2O4/c1-2-20-15(19)21-13-5-3-11(4-6-13)14(18)17-12-7-9-16-10-8-12/h3-6,12,16H,2,7-10H2,1H3,(H,17,18). The van der Waals surface area contributed by atoms with Crippen LogP contribution in [0.25, 0.3) is 0 Å². The largest absolute Gasteiger partial charge is 0.513 e. The lowest BCUT2D eigenvalue weighted by atomic mass is 10.1. The van der Waals surface area contributed by atoms with Crippen molar-refractivity contribution in [1.29, 1.82) is 0 Å². The molecule has 0 spiro atoms. The number of hydrogen-bond donors (Lipinski definition) is 2. The highest BCUT2D eigenvalue weighted by Crippen LogP contribution is 2.13. The van der Waals surface area contributed by atoms with Gasteiger partial charge in [-0.25, -0.2) is 4.79 Å². The Hall–Kier alpha value is -2.08. The van der Waals surface area contributed by atoms with Crippen molar-refractivity contribution in [2.75, 3.05) is 19.7 Å². The molecule has 21 heavy (non-hydrogen) atoms. The summed E-state index contributed by atoms with van der Waals surface area (Å²) < 4.78 is 9.62. The molecule has 1 saturated heterocycles. The van der Waals surface area contributed by atoms with Crippen LogP contribution in [0.3, 0.4) is 0 Å². The molecule has 2 N–H and O–H groups in total. The van der Waals surface area contributed by atoms with E-state index < -0.39 is 6.16 Å². The summed E-state index contributed by atoms with van der Waals surface area (Å²) in [4.78, 5) is 23.2. The number of nitrogens with one attached hydrogen (secondary N) is 2. The third kappa shape index (κ3) is 4.75. The number of rotatable bonds is 4. The lowest BCUT2D eigenvalue weighted by Crippen LogP contribution is -2.42. The van der Waals surface area contributed by atoms with Gasteiger partial charge in [-0.2, -0.15) is 0 Å². The average Bonchev–Trinajstić information content (AvgIpc) is 2.49. The highest BCUT2D eigenvalue weighted by Gasteiger charge is 2.16. The molecule has 114 valence electrons. The Morgan fingerprint density at radius 2 is 1.90 bits per heavy atom. The van der Waals surface area contributed by atoms with Crippen LogP contribution in [0, 0.1) is 0 Å². The fourth-order valence-electron chi connectivity index (χ4n) is 2.15. The van der Waals surface area contributed by atoms with Gasteiger partial charge in [0.1, 0.15) is 5.75 Å². The van der Waals surface area contributed by atoms with E-state index in [9.17, 15) is 9.59 Å². The molecule has 1 amide bonds. The van der Waals surface area contributed by atoms with Gasteiger partial charge in [0, 0.05) is 11.6 Å². The van der Waals surface area contributed by atoms with Crippen molar-refractivity contribution in [2.45, 2.75) is 25.8 Å². The van der Waals surface area contributed by atoms with Crippen LogP contribution in [0.15, 0.2) is 24.3 Å². The number of benzene rings is 1. The summed E-state index contributed by atoms with van der Waals surface area (Å²) in [6, 6.07) is 6.63. The molecule has 0 aromatic heterocycles. The molecule has 0 radical (unpaired) electrons. The van der Waals surface area contributed by atoms with Crippen molar-refractivity contribution >= 4 is 12.1 Å². The molecular formula is C15H20N2O4. The van der Waals surface area contributed by atoms with Crippen molar-refractivity contribution in [1.82, 2.24) is 10.6 Å². The molecule has 0 saturated carbocycles. The number of hydrogen-bond acceptors (Lipinski definition) is 5. The highest BCUT2D eigenvalue weighted by atomic mass is 16.7. The first-order valence-electron chi connectivity index (χ1n) is 7.15. The molecule has 0 aliphatic carbocycles. The van der Waals surface area contributed by atoms with Crippen LogP contribution in [0.5, 0.6) is 5.75 Å². The quantitative estimate of drug-likeness (QED) is 0.652. The van der Waals surface area contributed by atoms with Gasteiger partial charge in [-0.3, -0.25) is 4.79 Å². The van der Waals surface area contributed by atoms with E-state index >= 15 is 0 Å². The second-order valence-electron chi connectivity index (χ2n) is 4.81. The summed E-state index contributed by atoms with van der Waals surface area (Å²) in [6.07, 6.45) is 1.13. The van der Waals surface area contributed by atoms with Crippen LogP contribution >= 0.6 is 0 Å². The predicted octanol–water partition coefficient (Wildman–Crippen LogP) is 1.70. The first-order chi connectivity index (χ1) is 10.2. The molecule has 1 aliphatic heterocycles. The third-order valence-electron chi connectivity index (χ3n) is 3.25. The Kier molecular flexibility index (Phi) is 5.57. The molecule has 0 unspecified atom stereocenters. The molecule has 0 atom stereocenters. The van der Waals surface area contributed by atoms with E-state index in [2.05, 4.69) is 15.4 Å². The van der Waals surface area contributed by atoms with E-state index in [4.69, 9.17) is 4.74 Å². The summed E-state index contributed by atoms with van der Waals surface area (Å²) in [5.74, 6) is 0.247. The predicted molar refractivity (Wildman–Crippen MR) is 77.4 cm³/mol. The van der Waals surface area contributed by atoms with Gasteiger partial charge >= 0.3 is 6.16 Å². The van der Waals surface area contributed by atoms with Crippen molar-refractivity contribution < 1.29 is 19.1 Å². The van der Waals surface area contributed by atoms with Gasteiger partial charge < -0.3 is 20.1 Å². The maximum atomic E-state index is 12.1. The fourth-order valence-corrected chi connectivity index (χ4v) is 2.15. The average molecular weight is 292 g/mol. The number of piperidine rings is 1. The maximum Gasteiger partial charge on any atom is 0.513 e. The SMILES string of the molecule is CCOC(=O)Oc1ccc(C(=O)NC2CCNCC2)cc1. The van der Waals surface area contributed by atoms with Crippen molar-refractivity contribution in [3.8, 4) is 5.75 Å². The van der Waals surface area contributed by atoms with Gasteiger partial charge in [0.2, 0.25) is 0 Å². The smallest absolute Gasteiger partial charge is 0.434 e. The Balaban J connectivity index is 1.88. The normalized spacial score (nSPS) is 15.3. The van der Waals surface area contributed by atoms with Gasteiger partial charge in [-0.05, 0) is 57.1 Å². The lowest BCUT2D eigenvalue weighted by Gasteiger charge is -2.23. The summed E-state index contributed by atoms with van der Waals surface area (Å²) in [6.45, 7) is 3.82. The summed E-state index contributed by atoms with van der Waals surface area (Å²) in [5.41, 5.74) is 0.546. The van der Waals surface area contributed by atoms with E-state index in [1.807, 2.05) is 0 Å². The fraction of sp³-hybridized carbons (Fsp3) is 0.467. The van der Waals surface area contributed by atoms with Crippen molar-refractivity contribution in [3.63, 3.8) is 0 Å². The van der Waals surface area contributed by atoms with Crippen molar-refractivity contribution in [3.05, 3.63) is 29.8 Å². The Bertz CT molecular complexity index is 481. The third-order valence-corrected chi connectivity index (χ3v) is 3.25. The molecule has 2 rings (SSSR count). The second-order valence-corrected chi connectivity index (χ2v) is 4.81. The molecule has 1 aromatic rings. The Labute approximate surface area is 123 Å². The number of carbonyl (C=O) groups is 2. The van der Waals surface area contributed by atoms with Gasteiger partial charge in [-0.15, -0.1) is 0 Å². The van der Waals surface area contributed by atoms with E-state index in [1.165, 1.54) is 0 Å². The zero-order chi connectivity index (χ0) is 15.1. The van der Waals surface area contributed by atoms with Crippen LogP contribution in [-0.4, -0.2) is 37.8 Å². The molecule has 0 bridgehead atoms. The zero-order valence-electron chi connectivity index (χ0n) is 12.1. The molecule has 1 heterocycles. The maximum absolute atomic E-state index is 12.1. The van der Waals surface area contributed by atoms with Crippen LogP contribution in [0.1, 0.15) is 30.1 Å². The molecule has 1 aliphatic rings. The van der Waals surface area contributed by atoms with Crippen LogP contribution in [-0.2, 0) is 4.74 Å².